The Labute approximate surface area is 96.2 Å². The number of amides is 1. The van der Waals surface area contributed by atoms with E-state index in [-0.39, 0.29) is 5.91 Å². The van der Waals surface area contributed by atoms with E-state index in [1.54, 1.807) is 0 Å². The van der Waals surface area contributed by atoms with Crippen LogP contribution in [0.5, 0.6) is 0 Å². The number of ether oxygens (including phenoxy) is 2. The zero-order chi connectivity index (χ0) is 10.2. The lowest BCUT2D eigenvalue weighted by molar-refractivity contribution is -0.153. The molecule has 0 aromatic carbocycles. The average Bonchev–Trinajstić information content (AvgIpc) is 2.17. The summed E-state index contributed by atoms with van der Waals surface area (Å²) in [6.07, 6.45) is 1.28. The summed E-state index contributed by atoms with van der Waals surface area (Å²) in [7, 11) is 0. The van der Waals surface area contributed by atoms with Crippen molar-refractivity contribution in [3.05, 3.63) is 9.46 Å². The Balaban J connectivity index is 2.24. The zero-order valence-corrected chi connectivity index (χ0v) is 10.1. The third kappa shape index (κ3) is 1.63. The van der Waals surface area contributed by atoms with Crippen molar-refractivity contribution in [1.29, 1.82) is 0 Å². The number of carbonyl (C=O) groups excluding carboxylic acids is 1. The maximum Gasteiger partial charge on any atom is 0.268 e. The van der Waals surface area contributed by atoms with Gasteiger partial charge in [-0.1, -0.05) is 0 Å². The van der Waals surface area contributed by atoms with E-state index >= 15 is 0 Å². The molecule has 4 nitrogen and oxygen atoms in total. The Morgan fingerprint density at radius 1 is 1.43 bits per heavy atom. The molecule has 0 aromatic rings. The Bertz CT molecular complexity index is 294. The van der Waals surface area contributed by atoms with Gasteiger partial charge >= 0.3 is 0 Å². The van der Waals surface area contributed by atoms with Crippen molar-refractivity contribution >= 4 is 28.5 Å². The summed E-state index contributed by atoms with van der Waals surface area (Å²) in [6, 6.07) is 0. The van der Waals surface area contributed by atoms with Crippen LogP contribution in [0.25, 0.3) is 0 Å². The monoisotopic (exact) mass is 309 g/mol. The highest BCUT2D eigenvalue weighted by Gasteiger charge is 2.45. The molecule has 5 heteroatoms. The first-order chi connectivity index (χ1) is 6.64. The predicted molar refractivity (Wildman–Crippen MR) is 58.7 cm³/mol. The first-order valence-corrected chi connectivity index (χ1v) is 5.66. The normalized spacial score (nSPS) is 26.0. The van der Waals surface area contributed by atoms with Gasteiger partial charge in [-0.2, -0.15) is 0 Å². The van der Waals surface area contributed by atoms with Gasteiger partial charge in [0.15, 0.2) is 9.37 Å². The standard InChI is InChI=1S/C9H12INO3/c1-6-7(10)14-9(8(12)11-6)2-4-13-5-3-9/h2-5H2,1H3,(H,11,12). The molecule has 78 valence electrons. The number of rotatable bonds is 0. The van der Waals surface area contributed by atoms with Crippen molar-refractivity contribution < 1.29 is 14.3 Å². The van der Waals surface area contributed by atoms with Crippen LogP contribution in [0.1, 0.15) is 19.8 Å². The van der Waals surface area contributed by atoms with Crippen molar-refractivity contribution in [2.75, 3.05) is 13.2 Å². The number of hydrogen-bond acceptors (Lipinski definition) is 3. The highest BCUT2D eigenvalue weighted by atomic mass is 127. The van der Waals surface area contributed by atoms with E-state index in [1.165, 1.54) is 0 Å². The second kappa shape index (κ2) is 3.69. The highest BCUT2D eigenvalue weighted by molar-refractivity contribution is 14.1. The van der Waals surface area contributed by atoms with Gasteiger partial charge in [-0.15, -0.1) is 0 Å². The van der Waals surface area contributed by atoms with Crippen molar-refractivity contribution in [2.24, 2.45) is 0 Å². The minimum absolute atomic E-state index is 0.0290. The molecule has 1 saturated heterocycles. The second-order valence-corrected chi connectivity index (χ2v) is 4.54. The van der Waals surface area contributed by atoms with Gasteiger partial charge in [-0.05, 0) is 6.92 Å². The number of hydrogen-bond donors (Lipinski definition) is 1. The van der Waals surface area contributed by atoms with Crippen molar-refractivity contribution in [3.8, 4) is 0 Å². The minimum atomic E-state index is -0.672. The molecular weight excluding hydrogens is 297 g/mol. The lowest BCUT2D eigenvalue weighted by Gasteiger charge is -2.39. The molecule has 1 spiro atoms. The molecule has 2 aliphatic heterocycles. The second-order valence-electron chi connectivity index (χ2n) is 3.56. The third-order valence-electron chi connectivity index (χ3n) is 2.60. The van der Waals surface area contributed by atoms with Crippen LogP contribution in [0.4, 0.5) is 0 Å². The van der Waals surface area contributed by atoms with Gasteiger partial charge in [0.1, 0.15) is 0 Å². The molecule has 0 aromatic heterocycles. The Morgan fingerprint density at radius 3 is 2.71 bits per heavy atom. The fourth-order valence-corrected chi connectivity index (χ4v) is 2.21. The summed E-state index contributed by atoms with van der Waals surface area (Å²) in [5, 5.41) is 2.84. The highest BCUT2D eigenvalue weighted by Crippen LogP contribution is 2.34. The van der Waals surface area contributed by atoms with Crippen molar-refractivity contribution in [1.82, 2.24) is 5.32 Å². The van der Waals surface area contributed by atoms with E-state index in [9.17, 15) is 4.79 Å². The van der Waals surface area contributed by atoms with Crippen molar-refractivity contribution in [3.63, 3.8) is 0 Å². The zero-order valence-electron chi connectivity index (χ0n) is 7.93. The quantitative estimate of drug-likeness (QED) is 0.686. The molecule has 0 unspecified atom stereocenters. The van der Waals surface area contributed by atoms with Crippen molar-refractivity contribution in [2.45, 2.75) is 25.4 Å². The first kappa shape index (κ1) is 10.2. The van der Waals surface area contributed by atoms with Gasteiger partial charge < -0.3 is 14.8 Å². The molecule has 2 heterocycles. The fraction of sp³-hybridized carbons (Fsp3) is 0.667. The summed E-state index contributed by atoms with van der Waals surface area (Å²) < 4.78 is 11.7. The SMILES string of the molecule is CC1=C(I)OC2(CCOCC2)C(=O)N1. The molecule has 0 radical (unpaired) electrons. The molecule has 14 heavy (non-hydrogen) atoms. The molecule has 1 N–H and O–H groups in total. The first-order valence-electron chi connectivity index (χ1n) is 4.59. The molecule has 2 aliphatic rings. The van der Waals surface area contributed by atoms with E-state index in [4.69, 9.17) is 9.47 Å². The Morgan fingerprint density at radius 2 is 2.07 bits per heavy atom. The summed E-state index contributed by atoms with van der Waals surface area (Å²) in [5.41, 5.74) is 0.126. The fourth-order valence-electron chi connectivity index (χ4n) is 1.66. The van der Waals surface area contributed by atoms with E-state index in [0.29, 0.717) is 26.1 Å². The van der Waals surface area contributed by atoms with Gasteiger partial charge in [-0.25, -0.2) is 0 Å². The molecule has 2 rings (SSSR count). The van der Waals surface area contributed by atoms with Gasteiger partial charge in [0, 0.05) is 35.4 Å². The van der Waals surface area contributed by atoms with Gasteiger partial charge in [0.2, 0.25) is 0 Å². The van der Waals surface area contributed by atoms with E-state index in [0.717, 1.165) is 9.46 Å². The van der Waals surface area contributed by atoms with Gasteiger partial charge in [0.25, 0.3) is 5.91 Å². The van der Waals surface area contributed by atoms with Crippen LogP contribution < -0.4 is 5.32 Å². The maximum absolute atomic E-state index is 11.8. The van der Waals surface area contributed by atoms with E-state index in [1.807, 2.05) is 6.92 Å². The van der Waals surface area contributed by atoms with Crippen LogP contribution in [0.15, 0.2) is 9.46 Å². The molecular formula is C9H12INO3. The van der Waals surface area contributed by atoms with E-state index < -0.39 is 5.60 Å². The number of allylic oxidation sites excluding steroid dienone is 1. The smallest absolute Gasteiger partial charge is 0.268 e. The Kier molecular flexibility index (Phi) is 2.70. The molecule has 0 atom stereocenters. The summed E-state index contributed by atoms with van der Waals surface area (Å²) in [6.45, 7) is 3.03. The molecule has 1 fully saturated rings. The molecule has 0 aliphatic carbocycles. The number of carbonyl (C=O) groups is 1. The largest absolute Gasteiger partial charge is 0.470 e. The molecule has 0 bridgehead atoms. The lowest BCUT2D eigenvalue weighted by atomic mass is 9.92. The van der Waals surface area contributed by atoms with E-state index in [2.05, 4.69) is 27.9 Å². The van der Waals surface area contributed by atoms with Crippen LogP contribution in [-0.4, -0.2) is 24.7 Å². The maximum atomic E-state index is 11.8. The summed E-state index contributed by atoms with van der Waals surface area (Å²) in [4.78, 5) is 11.8. The minimum Gasteiger partial charge on any atom is -0.470 e. The van der Waals surface area contributed by atoms with Gasteiger partial charge in [0.05, 0.1) is 18.9 Å². The lowest BCUT2D eigenvalue weighted by Crippen LogP contribution is -2.54. The van der Waals surface area contributed by atoms with Crippen LogP contribution in [0.3, 0.4) is 0 Å². The number of nitrogens with one attached hydrogen (secondary N) is 1. The molecule has 1 amide bonds. The van der Waals surface area contributed by atoms with Gasteiger partial charge in [-0.3, -0.25) is 4.79 Å². The Hall–Kier alpha value is -0.300. The molecule has 0 saturated carbocycles. The van der Waals surface area contributed by atoms with Crippen LogP contribution in [0.2, 0.25) is 0 Å². The summed E-state index contributed by atoms with van der Waals surface area (Å²) >= 11 is 2.11. The third-order valence-corrected chi connectivity index (χ3v) is 3.62. The van der Waals surface area contributed by atoms with Crippen LogP contribution in [0, 0.1) is 0 Å². The van der Waals surface area contributed by atoms with Crippen LogP contribution in [-0.2, 0) is 14.3 Å². The summed E-state index contributed by atoms with van der Waals surface area (Å²) in [5.74, 6) is -0.0290. The van der Waals surface area contributed by atoms with Crippen LogP contribution >= 0.6 is 22.6 Å². The number of halogens is 1. The topological polar surface area (TPSA) is 47.6 Å². The predicted octanol–water partition coefficient (Wildman–Crippen LogP) is 1.31. The average molecular weight is 309 g/mol.